The average molecular weight is 150 g/mol. The molecular weight excluding hydrogens is 144 g/mol. The Balaban J connectivity index is 2.79. The summed E-state index contributed by atoms with van der Waals surface area (Å²) in [4.78, 5) is 7.84. The van der Waals surface area contributed by atoms with E-state index in [1.807, 2.05) is 0 Å². The fraction of sp³-hybridized carbons (Fsp3) is 0.167. The normalized spacial score (nSPS) is 10.6. The second-order valence-electron chi connectivity index (χ2n) is 2.06. The van der Waals surface area contributed by atoms with Crippen LogP contribution >= 0.6 is 0 Å². The van der Waals surface area contributed by atoms with Gasteiger partial charge in [-0.1, -0.05) is 0 Å². The number of nitrogens with zero attached hydrogens (tertiary/aromatic N) is 4. The van der Waals surface area contributed by atoms with Gasteiger partial charge in [-0.15, -0.1) is 0 Å². The second-order valence-corrected chi connectivity index (χ2v) is 2.06. The summed E-state index contributed by atoms with van der Waals surface area (Å²) in [5, 5.41) is 12.7. The zero-order valence-electron chi connectivity index (χ0n) is 5.68. The number of aliphatic hydroxyl groups is 1. The minimum absolute atomic E-state index is 0.108. The van der Waals surface area contributed by atoms with E-state index in [-0.39, 0.29) is 6.61 Å². The Labute approximate surface area is 62.3 Å². The Morgan fingerprint density at radius 3 is 3.18 bits per heavy atom. The fourth-order valence-electron chi connectivity index (χ4n) is 0.922. The Hall–Kier alpha value is -1.49. The first kappa shape index (κ1) is 6.23. The van der Waals surface area contributed by atoms with Crippen molar-refractivity contribution in [3.05, 3.63) is 24.4 Å². The second kappa shape index (κ2) is 2.28. The fourth-order valence-corrected chi connectivity index (χ4v) is 0.922. The van der Waals surface area contributed by atoms with Crippen molar-refractivity contribution in [1.82, 2.24) is 19.6 Å². The molecule has 0 radical (unpaired) electrons. The highest BCUT2D eigenvalue weighted by molar-refractivity contribution is 5.40. The summed E-state index contributed by atoms with van der Waals surface area (Å²) in [7, 11) is 0. The minimum atomic E-state index is -0.108. The Morgan fingerprint density at radius 1 is 1.45 bits per heavy atom. The Morgan fingerprint density at radius 2 is 2.36 bits per heavy atom. The van der Waals surface area contributed by atoms with Crippen LogP contribution in [0.5, 0.6) is 0 Å². The number of aliphatic hydroxyl groups excluding tert-OH is 1. The molecule has 11 heavy (non-hydrogen) atoms. The van der Waals surface area contributed by atoms with Crippen LogP contribution in [-0.2, 0) is 6.61 Å². The van der Waals surface area contributed by atoms with Gasteiger partial charge in [-0.2, -0.15) is 5.10 Å². The van der Waals surface area contributed by atoms with Gasteiger partial charge >= 0.3 is 0 Å². The molecule has 0 aliphatic carbocycles. The smallest absolute Gasteiger partial charge is 0.179 e. The monoisotopic (exact) mass is 150 g/mol. The lowest BCUT2D eigenvalue weighted by molar-refractivity contribution is 0.277. The van der Waals surface area contributed by atoms with E-state index in [4.69, 9.17) is 5.11 Å². The summed E-state index contributed by atoms with van der Waals surface area (Å²) in [6.45, 7) is -0.108. The van der Waals surface area contributed by atoms with Crippen molar-refractivity contribution >= 4 is 5.65 Å². The van der Waals surface area contributed by atoms with Gasteiger partial charge < -0.3 is 5.11 Å². The van der Waals surface area contributed by atoms with Crippen molar-refractivity contribution in [1.29, 1.82) is 0 Å². The summed E-state index contributed by atoms with van der Waals surface area (Å²) in [5.41, 5.74) is 1.15. The van der Waals surface area contributed by atoms with Crippen molar-refractivity contribution in [2.75, 3.05) is 0 Å². The van der Waals surface area contributed by atoms with Crippen LogP contribution < -0.4 is 0 Å². The lowest BCUT2D eigenvalue weighted by atomic mass is 10.4. The highest BCUT2D eigenvalue weighted by Crippen LogP contribution is 2.01. The molecule has 2 rings (SSSR count). The minimum Gasteiger partial charge on any atom is -0.390 e. The molecule has 2 aromatic heterocycles. The van der Waals surface area contributed by atoms with E-state index in [9.17, 15) is 0 Å². The van der Waals surface area contributed by atoms with Gasteiger partial charge in [-0.3, -0.25) is 4.98 Å². The number of hydrogen-bond donors (Lipinski definition) is 1. The van der Waals surface area contributed by atoms with Crippen LogP contribution in [0.1, 0.15) is 5.69 Å². The number of rotatable bonds is 1. The Bertz CT molecular complexity index is 369. The molecule has 2 aromatic rings. The van der Waals surface area contributed by atoms with Crippen molar-refractivity contribution in [3.8, 4) is 0 Å². The Kier molecular flexibility index (Phi) is 1.29. The van der Waals surface area contributed by atoms with E-state index >= 15 is 0 Å². The van der Waals surface area contributed by atoms with Gasteiger partial charge in [0.15, 0.2) is 5.65 Å². The molecule has 0 saturated carbocycles. The van der Waals surface area contributed by atoms with Crippen molar-refractivity contribution < 1.29 is 5.11 Å². The third-order valence-corrected chi connectivity index (χ3v) is 1.42. The van der Waals surface area contributed by atoms with Crippen LogP contribution in [-0.4, -0.2) is 24.7 Å². The maximum Gasteiger partial charge on any atom is 0.179 e. The first-order chi connectivity index (χ1) is 5.42. The molecule has 0 aliphatic rings. The van der Waals surface area contributed by atoms with E-state index in [2.05, 4.69) is 15.1 Å². The largest absolute Gasteiger partial charge is 0.390 e. The van der Waals surface area contributed by atoms with Gasteiger partial charge in [0.25, 0.3) is 0 Å². The van der Waals surface area contributed by atoms with Gasteiger partial charge in [0.1, 0.15) is 12.0 Å². The van der Waals surface area contributed by atoms with E-state index in [0.717, 1.165) is 0 Å². The molecule has 0 amide bonds. The molecule has 5 heteroatoms. The summed E-state index contributed by atoms with van der Waals surface area (Å²) < 4.78 is 1.57. The number of fused-ring (bicyclic) bond motifs is 1. The molecule has 1 N–H and O–H groups in total. The predicted molar refractivity (Wildman–Crippen MR) is 36.7 cm³/mol. The molecular formula is C6H6N4O. The topological polar surface area (TPSA) is 63.3 Å². The van der Waals surface area contributed by atoms with Gasteiger partial charge in [0, 0.05) is 12.4 Å². The molecule has 5 nitrogen and oxygen atoms in total. The lowest BCUT2D eigenvalue weighted by Gasteiger charge is -1.94. The quantitative estimate of drug-likeness (QED) is 0.601. The third-order valence-electron chi connectivity index (χ3n) is 1.42. The molecule has 2 heterocycles. The molecule has 0 atom stereocenters. The highest BCUT2D eigenvalue weighted by Gasteiger charge is 2.01. The molecule has 0 fully saturated rings. The van der Waals surface area contributed by atoms with E-state index in [1.165, 1.54) is 6.33 Å². The predicted octanol–water partition coefficient (Wildman–Crippen LogP) is -0.383. The van der Waals surface area contributed by atoms with Gasteiger partial charge in [0.05, 0.1) is 6.61 Å². The molecule has 0 bridgehead atoms. The molecule has 0 unspecified atom stereocenters. The first-order valence-corrected chi connectivity index (χ1v) is 3.16. The maximum atomic E-state index is 8.81. The van der Waals surface area contributed by atoms with Gasteiger partial charge in [0.2, 0.25) is 0 Å². The summed E-state index contributed by atoms with van der Waals surface area (Å²) in [6, 6.07) is 0. The van der Waals surface area contributed by atoms with Crippen LogP contribution in [0.3, 0.4) is 0 Å². The van der Waals surface area contributed by atoms with Crippen molar-refractivity contribution in [2.45, 2.75) is 6.61 Å². The number of aromatic nitrogens is 4. The summed E-state index contributed by atoms with van der Waals surface area (Å²) in [6.07, 6.45) is 4.69. The van der Waals surface area contributed by atoms with Crippen molar-refractivity contribution in [3.63, 3.8) is 0 Å². The zero-order valence-corrected chi connectivity index (χ0v) is 5.68. The maximum absolute atomic E-state index is 8.81. The van der Waals surface area contributed by atoms with Crippen LogP contribution in [0.15, 0.2) is 18.7 Å². The van der Waals surface area contributed by atoms with E-state index in [1.54, 1.807) is 16.9 Å². The lowest BCUT2D eigenvalue weighted by Crippen LogP contribution is -1.95. The summed E-state index contributed by atoms with van der Waals surface area (Å²) >= 11 is 0. The van der Waals surface area contributed by atoms with Crippen LogP contribution in [0.4, 0.5) is 0 Å². The van der Waals surface area contributed by atoms with E-state index < -0.39 is 0 Å². The first-order valence-electron chi connectivity index (χ1n) is 3.16. The molecule has 0 aliphatic heterocycles. The average Bonchev–Trinajstić information content (AvgIpc) is 2.50. The molecule has 0 saturated heterocycles. The third kappa shape index (κ3) is 0.857. The molecule has 0 spiro atoms. The molecule has 56 valence electrons. The highest BCUT2D eigenvalue weighted by atomic mass is 16.3. The SMILES string of the molecule is OCc1nccn2ncnc12. The van der Waals surface area contributed by atoms with Gasteiger partial charge in [-0.05, 0) is 0 Å². The van der Waals surface area contributed by atoms with E-state index in [0.29, 0.717) is 11.3 Å². The molecule has 0 aromatic carbocycles. The zero-order chi connectivity index (χ0) is 7.68. The van der Waals surface area contributed by atoms with Crippen molar-refractivity contribution in [2.24, 2.45) is 0 Å². The standard InChI is InChI=1S/C6H6N4O/c11-3-5-6-8-4-9-10(6)2-1-7-5/h1-2,4,11H,3H2. The summed E-state index contributed by atoms with van der Waals surface area (Å²) in [5.74, 6) is 0. The van der Waals surface area contributed by atoms with Crippen LogP contribution in [0.2, 0.25) is 0 Å². The number of hydrogen-bond acceptors (Lipinski definition) is 4. The van der Waals surface area contributed by atoms with Gasteiger partial charge in [-0.25, -0.2) is 9.50 Å². The van der Waals surface area contributed by atoms with Crippen LogP contribution in [0, 0.1) is 0 Å². The van der Waals surface area contributed by atoms with Crippen LogP contribution in [0.25, 0.3) is 5.65 Å².